The van der Waals surface area contributed by atoms with Crippen molar-refractivity contribution in [3.63, 3.8) is 0 Å². The lowest BCUT2D eigenvalue weighted by Crippen LogP contribution is -2.18. The number of benzene rings is 2. The van der Waals surface area contributed by atoms with E-state index in [1.165, 1.54) is 24.0 Å². The Morgan fingerprint density at radius 2 is 1.26 bits per heavy atom. The van der Waals surface area contributed by atoms with Crippen molar-refractivity contribution in [3.05, 3.63) is 71.8 Å². The highest BCUT2D eigenvalue weighted by Gasteiger charge is 1.92. The van der Waals surface area contributed by atoms with Gasteiger partial charge in [0.1, 0.15) is 0 Å². The molecule has 0 unspecified atom stereocenters. The maximum atomic E-state index is 8.30. The van der Waals surface area contributed by atoms with Gasteiger partial charge in [-0.25, -0.2) is 0 Å². The van der Waals surface area contributed by atoms with Gasteiger partial charge in [0, 0.05) is 19.6 Å². The van der Waals surface area contributed by atoms with Crippen LogP contribution in [0.1, 0.15) is 30.9 Å². The average Bonchev–Trinajstić information content (AvgIpc) is 2.61. The Morgan fingerprint density at radius 3 is 1.70 bits per heavy atom. The molecule has 2 rings (SSSR count). The van der Waals surface area contributed by atoms with Crippen LogP contribution >= 0.6 is 0 Å². The molecule has 0 saturated heterocycles. The number of aliphatic hydroxyl groups is 1. The third-order valence-corrected chi connectivity index (χ3v) is 3.34. The van der Waals surface area contributed by atoms with E-state index in [0.29, 0.717) is 0 Å². The van der Waals surface area contributed by atoms with Crippen LogP contribution in [0.25, 0.3) is 0 Å². The van der Waals surface area contributed by atoms with E-state index in [4.69, 9.17) is 5.11 Å². The van der Waals surface area contributed by atoms with Crippen LogP contribution in [0.4, 0.5) is 0 Å². The Morgan fingerprint density at radius 1 is 0.739 bits per heavy atom. The first-order valence-corrected chi connectivity index (χ1v) is 8.47. The van der Waals surface area contributed by atoms with E-state index in [2.05, 4.69) is 66.1 Å². The maximum Gasteiger partial charge on any atom is 0.0555 e. The quantitative estimate of drug-likeness (QED) is 0.622. The van der Waals surface area contributed by atoms with Crippen molar-refractivity contribution >= 4 is 0 Å². The molecule has 0 aliphatic carbocycles. The van der Waals surface area contributed by atoms with Crippen molar-refractivity contribution in [1.29, 1.82) is 0 Å². The van der Waals surface area contributed by atoms with Crippen molar-refractivity contribution in [3.8, 4) is 0 Å². The minimum absolute atomic E-state index is 0.254. The van der Waals surface area contributed by atoms with Gasteiger partial charge in [-0.2, -0.15) is 0 Å². The number of aliphatic hydroxyl groups excluding tert-OH is 1. The molecule has 0 aliphatic heterocycles. The summed E-state index contributed by atoms with van der Waals surface area (Å²) < 4.78 is 0. The minimum Gasteiger partial charge on any atom is -0.395 e. The van der Waals surface area contributed by atoms with Crippen molar-refractivity contribution in [1.82, 2.24) is 10.6 Å². The van der Waals surface area contributed by atoms with E-state index in [-0.39, 0.29) is 6.61 Å². The summed E-state index contributed by atoms with van der Waals surface area (Å²) in [5.41, 5.74) is 2.65. The fourth-order valence-electron chi connectivity index (χ4n) is 2.05. The summed E-state index contributed by atoms with van der Waals surface area (Å²) in [7, 11) is 0. The van der Waals surface area contributed by atoms with E-state index in [9.17, 15) is 0 Å². The van der Waals surface area contributed by atoms with Gasteiger partial charge in [0.25, 0.3) is 0 Å². The van der Waals surface area contributed by atoms with Crippen LogP contribution in [-0.4, -0.2) is 24.8 Å². The smallest absolute Gasteiger partial charge is 0.0555 e. The van der Waals surface area contributed by atoms with Gasteiger partial charge in [0.15, 0.2) is 0 Å². The van der Waals surface area contributed by atoms with Gasteiger partial charge in [-0.05, 0) is 24.1 Å². The van der Waals surface area contributed by atoms with Gasteiger partial charge >= 0.3 is 0 Å². The van der Waals surface area contributed by atoms with Crippen LogP contribution in [0, 0.1) is 0 Å². The van der Waals surface area contributed by atoms with E-state index in [0.717, 1.165) is 26.2 Å². The van der Waals surface area contributed by atoms with Crippen molar-refractivity contribution < 1.29 is 5.11 Å². The van der Waals surface area contributed by atoms with Crippen LogP contribution < -0.4 is 10.6 Å². The molecule has 3 nitrogen and oxygen atoms in total. The predicted molar refractivity (Wildman–Crippen MR) is 98.3 cm³/mol. The summed E-state index contributed by atoms with van der Waals surface area (Å²) in [6.45, 7) is 6.03. The monoisotopic (exact) mass is 314 g/mol. The molecule has 3 heteroatoms. The van der Waals surface area contributed by atoms with Crippen LogP contribution in [0.15, 0.2) is 60.7 Å². The van der Waals surface area contributed by atoms with Crippen LogP contribution in [0.5, 0.6) is 0 Å². The SMILES string of the molecule is CCCCNCCO.c1ccc(CNCc2ccccc2)cc1. The summed E-state index contributed by atoms with van der Waals surface area (Å²) in [5, 5.41) is 14.8. The fourth-order valence-corrected chi connectivity index (χ4v) is 2.05. The summed E-state index contributed by atoms with van der Waals surface area (Å²) in [6.07, 6.45) is 2.43. The first-order valence-electron chi connectivity index (χ1n) is 8.47. The fraction of sp³-hybridized carbons (Fsp3) is 0.400. The molecule has 23 heavy (non-hydrogen) atoms. The average molecular weight is 314 g/mol. The maximum absolute atomic E-state index is 8.30. The topological polar surface area (TPSA) is 44.3 Å². The molecule has 0 aliphatic rings. The standard InChI is InChI=1S/C14H15N.C6H15NO/c1-3-7-13(8-4-1)11-15-12-14-9-5-2-6-10-14;1-2-3-4-7-5-6-8/h1-10,15H,11-12H2;7-8H,2-6H2,1H3. The highest BCUT2D eigenvalue weighted by Crippen LogP contribution is 2.00. The highest BCUT2D eigenvalue weighted by atomic mass is 16.3. The molecule has 0 spiro atoms. The van der Waals surface area contributed by atoms with Gasteiger partial charge in [0.05, 0.1) is 6.61 Å². The number of nitrogens with one attached hydrogen (secondary N) is 2. The molecule has 2 aromatic carbocycles. The second kappa shape index (κ2) is 13.9. The predicted octanol–water partition coefficient (Wildman–Crippen LogP) is 3.34. The lowest BCUT2D eigenvalue weighted by Gasteiger charge is -2.04. The number of hydrogen-bond acceptors (Lipinski definition) is 3. The first kappa shape index (κ1) is 19.4. The molecule has 0 aromatic heterocycles. The van der Waals surface area contributed by atoms with Crippen molar-refractivity contribution in [2.45, 2.75) is 32.9 Å². The van der Waals surface area contributed by atoms with Gasteiger partial charge < -0.3 is 15.7 Å². The molecule has 0 saturated carbocycles. The van der Waals surface area contributed by atoms with E-state index in [1.54, 1.807) is 0 Å². The van der Waals surface area contributed by atoms with Crippen molar-refractivity contribution in [2.24, 2.45) is 0 Å². The number of hydrogen-bond donors (Lipinski definition) is 3. The third kappa shape index (κ3) is 10.6. The molecule has 0 heterocycles. The lowest BCUT2D eigenvalue weighted by molar-refractivity contribution is 0.292. The van der Waals surface area contributed by atoms with E-state index < -0.39 is 0 Å². The molecular weight excluding hydrogens is 284 g/mol. The largest absolute Gasteiger partial charge is 0.395 e. The normalized spacial score (nSPS) is 10.0. The zero-order valence-electron chi connectivity index (χ0n) is 14.2. The van der Waals surface area contributed by atoms with Gasteiger partial charge in [-0.3, -0.25) is 0 Å². The summed E-state index contributed by atoms with van der Waals surface area (Å²) in [6, 6.07) is 20.9. The summed E-state index contributed by atoms with van der Waals surface area (Å²) in [5.74, 6) is 0. The van der Waals surface area contributed by atoms with E-state index >= 15 is 0 Å². The van der Waals surface area contributed by atoms with E-state index in [1.807, 2.05) is 12.1 Å². The molecule has 126 valence electrons. The first-order chi connectivity index (χ1) is 11.4. The Bertz CT molecular complexity index is 428. The minimum atomic E-state index is 0.254. The lowest BCUT2D eigenvalue weighted by atomic mass is 10.2. The Kier molecular flexibility index (Phi) is 11.7. The zero-order valence-corrected chi connectivity index (χ0v) is 14.2. The van der Waals surface area contributed by atoms with Crippen LogP contribution in [0.2, 0.25) is 0 Å². The Balaban J connectivity index is 0.000000284. The third-order valence-electron chi connectivity index (χ3n) is 3.34. The summed E-state index contributed by atoms with van der Waals surface area (Å²) >= 11 is 0. The van der Waals surface area contributed by atoms with Crippen molar-refractivity contribution in [2.75, 3.05) is 19.7 Å². The zero-order chi connectivity index (χ0) is 16.6. The number of rotatable bonds is 9. The molecule has 0 bridgehead atoms. The van der Waals surface area contributed by atoms with Crippen LogP contribution in [0.3, 0.4) is 0 Å². The second-order valence-corrected chi connectivity index (χ2v) is 5.40. The number of unbranched alkanes of at least 4 members (excludes halogenated alkanes) is 1. The molecule has 0 fully saturated rings. The van der Waals surface area contributed by atoms with Gasteiger partial charge in [-0.15, -0.1) is 0 Å². The Labute approximate surface area is 140 Å². The highest BCUT2D eigenvalue weighted by molar-refractivity contribution is 5.16. The molecule has 0 radical (unpaired) electrons. The van der Waals surface area contributed by atoms with Gasteiger partial charge in [-0.1, -0.05) is 74.0 Å². The van der Waals surface area contributed by atoms with Crippen LogP contribution in [-0.2, 0) is 13.1 Å². The molecule has 0 atom stereocenters. The summed E-state index contributed by atoms with van der Waals surface area (Å²) in [4.78, 5) is 0. The second-order valence-electron chi connectivity index (χ2n) is 5.40. The Hall–Kier alpha value is -1.68. The molecule has 2 aromatic rings. The molecule has 3 N–H and O–H groups in total. The molecule has 0 amide bonds. The van der Waals surface area contributed by atoms with Gasteiger partial charge in [0.2, 0.25) is 0 Å². The molecular formula is C20H30N2O.